The SMILES string of the molecule is NCCC1COCC(=O)N1CCN1CCOCC1. The first-order valence-corrected chi connectivity index (χ1v) is 6.68. The van der Waals surface area contributed by atoms with Crippen molar-refractivity contribution in [3.05, 3.63) is 0 Å². The van der Waals surface area contributed by atoms with E-state index >= 15 is 0 Å². The Bertz CT molecular complexity index is 267. The molecule has 2 aliphatic rings. The van der Waals surface area contributed by atoms with Crippen molar-refractivity contribution < 1.29 is 14.3 Å². The Hall–Kier alpha value is -0.690. The molecular formula is C12H23N3O3. The Morgan fingerprint density at radius 2 is 2.00 bits per heavy atom. The third-order valence-electron chi connectivity index (χ3n) is 3.56. The van der Waals surface area contributed by atoms with E-state index < -0.39 is 0 Å². The highest BCUT2D eigenvalue weighted by molar-refractivity contribution is 5.78. The van der Waals surface area contributed by atoms with Gasteiger partial charge >= 0.3 is 0 Å². The highest BCUT2D eigenvalue weighted by Gasteiger charge is 2.28. The molecule has 0 bridgehead atoms. The molecule has 0 aromatic carbocycles. The molecule has 0 aromatic rings. The molecule has 18 heavy (non-hydrogen) atoms. The Morgan fingerprint density at radius 3 is 2.72 bits per heavy atom. The maximum atomic E-state index is 11.9. The number of amides is 1. The van der Waals surface area contributed by atoms with Gasteiger partial charge in [-0.25, -0.2) is 0 Å². The first-order chi connectivity index (χ1) is 8.81. The summed E-state index contributed by atoms with van der Waals surface area (Å²) in [4.78, 5) is 16.1. The minimum Gasteiger partial charge on any atom is -0.379 e. The van der Waals surface area contributed by atoms with Crippen LogP contribution in [-0.2, 0) is 14.3 Å². The van der Waals surface area contributed by atoms with E-state index in [9.17, 15) is 4.79 Å². The molecule has 6 heteroatoms. The van der Waals surface area contributed by atoms with Crippen molar-refractivity contribution in [2.24, 2.45) is 5.73 Å². The lowest BCUT2D eigenvalue weighted by Gasteiger charge is -2.37. The number of carbonyl (C=O) groups excluding carboxylic acids is 1. The molecule has 2 fully saturated rings. The van der Waals surface area contributed by atoms with E-state index in [0.29, 0.717) is 13.2 Å². The zero-order valence-electron chi connectivity index (χ0n) is 10.8. The first-order valence-electron chi connectivity index (χ1n) is 6.68. The zero-order chi connectivity index (χ0) is 12.8. The van der Waals surface area contributed by atoms with Crippen LogP contribution in [-0.4, -0.2) is 80.9 Å². The van der Waals surface area contributed by atoms with Gasteiger partial charge in [-0.1, -0.05) is 0 Å². The van der Waals surface area contributed by atoms with Crippen LogP contribution in [0.2, 0.25) is 0 Å². The smallest absolute Gasteiger partial charge is 0.248 e. The average Bonchev–Trinajstić information content (AvgIpc) is 2.40. The van der Waals surface area contributed by atoms with Gasteiger partial charge in [-0.15, -0.1) is 0 Å². The van der Waals surface area contributed by atoms with Gasteiger partial charge in [0.15, 0.2) is 0 Å². The van der Waals surface area contributed by atoms with Crippen LogP contribution in [0.3, 0.4) is 0 Å². The fourth-order valence-corrected chi connectivity index (χ4v) is 2.47. The predicted octanol–water partition coefficient (Wildman–Crippen LogP) is -1.11. The number of carbonyl (C=O) groups is 1. The quantitative estimate of drug-likeness (QED) is 0.677. The van der Waals surface area contributed by atoms with Crippen molar-refractivity contribution in [3.63, 3.8) is 0 Å². The summed E-state index contributed by atoms with van der Waals surface area (Å²) in [5, 5.41) is 0. The van der Waals surface area contributed by atoms with Crippen LogP contribution in [0.4, 0.5) is 0 Å². The summed E-state index contributed by atoms with van der Waals surface area (Å²) in [6, 6.07) is 0.150. The highest BCUT2D eigenvalue weighted by Crippen LogP contribution is 2.11. The molecule has 1 unspecified atom stereocenters. The van der Waals surface area contributed by atoms with Gasteiger partial charge in [-0.3, -0.25) is 9.69 Å². The highest BCUT2D eigenvalue weighted by atomic mass is 16.5. The van der Waals surface area contributed by atoms with Crippen molar-refractivity contribution in [2.75, 3.05) is 59.2 Å². The second-order valence-electron chi connectivity index (χ2n) is 4.79. The van der Waals surface area contributed by atoms with Gasteiger partial charge in [0.25, 0.3) is 0 Å². The number of nitrogens with two attached hydrogens (primary N) is 1. The number of nitrogens with zero attached hydrogens (tertiary/aromatic N) is 2. The van der Waals surface area contributed by atoms with Gasteiger partial charge in [0.2, 0.25) is 5.91 Å². The molecule has 1 atom stereocenters. The van der Waals surface area contributed by atoms with Crippen molar-refractivity contribution in [3.8, 4) is 0 Å². The second kappa shape index (κ2) is 7.04. The van der Waals surface area contributed by atoms with E-state index in [-0.39, 0.29) is 18.6 Å². The van der Waals surface area contributed by atoms with Crippen molar-refractivity contribution in [1.29, 1.82) is 0 Å². The van der Waals surface area contributed by atoms with E-state index in [0.717, 1.165) is 45.8 Å². The molecule has 0 saturated carbocycles. The number of hydrogen-bond donors (Lipinski definition) is 1. The molecule has 1 amide bonds. The molecule has 2 rings (SSSR count). The molecule has 2 heterocycles. The summed E-state index contributed by atoms with van der Waals surface area (Å²) >= 11 is 0. The van der Waals surface area contributed by atoms with E-state index in [1.165, 1.54) is 0 Å². The van der Waals surface area contributed by atoms with Gasteiger partial charge in [-0.05, 0) is 13.0 Å². The van der Waals surface area contributed by atoms with E-state index in [1.807, 2.05) is 4.90 Å². The Morgan fingerprint density at radius 1 is 1.22 bits per heavy atom. The van der Waals surface area contributed by atoms with E-state index in [1.54, 1.807) is 0 Å². The Balaban J connectivity index is 1.81. The fourth-order valence-electron chi connectivity index (χ4n) is 2.47. The van der Waals surface area contributed by atoms with Crippen LogP contribution in [0.5, 0.6) is 0 Å². The summed E-state index contributed by atoms with van der Waals surface area (Å²) in [6.45, 7) is 6.61. The fraction of sp³-hybridized carbons (Fsp3) is 0.917. The van der Waals surface area contributed by atoms with E-state index in [4.69, 9.17) is 15.2 Å². The first kappa shape index (κ1) is 13.7. The molecule has 2 N–H and O–H groups in total. The van der Waals surface area contributed by atoms with E-state index in [2.05, 4.69) is 4.90 Å². The predicted molar refractivity (Wildman–Crippen MR) is 67.3 cm³/mol. The minimum absolute atomic E-state index is 0.0907. The Kier molecular flexibility index (Phi) is 5.37. The standard InChI is InChI=1S/C12H23N3O3/c13-2-1-11-9-18-10-12(16)15(11)4-3-14-5-7-17-8-6-14/h11H,1-10,13H2. The van der Waals surface area contributed by atoms with Gasteiger partial charge in [0.1, 0.15) is 6.61 Å². The summed E-state index contributed by atoms with van der Waals surface area (Å²) in [6.07, 6.45) is 0.814. The molecule has 0 spiro atoms. The number of rotatable bonds is 5. The summed E-state index contributed by atoms with van der Waals surface area (Å²) in [5.74, 6) is 0.0907. The molecule has 2 aliphatic heterocycles. The normalized spacial score (nSPS) is 26.6. The summed E-state index contributed by atoms with van der Waals surface area (Å²) in [7, 11) is 0. The number of morpholine rings is 2. The van der Waals surface area contributed by atoms with Gasteiger partial charge in [0.05, 0.1) is 25.9 Å². The van der Waals surface area contributed by atoms with Crippen molar-refractivity contribution in [2.45, 2.75) is 12.5 Å². The molecule has 6 nitrogen and oxygen atoms in total. The lowest BCUT2D eigenvalue weighted by Crippen LogP contribution is -2.53. The van der Waals surface area contributed by atoms with Gasteiger partial charge in [-0.2, -0.15) is 0 Å². The minimum atomic E-state index is 0.0907. The second-order valence-corrected chi connectivity index (χ2v) is 4.79. The van der Waals surface area contributed by atoms with Crippen LogP contribution < -0.4 is 5.73 Å². The molecule has 0 aromatic heterocycles. The monoisotopic (exact) mass is 257 g/mol. The van der Waals surface area contributed by atoms with Crippen molar-refractivity contribution in [1.82, 2.24) is 9.80 Å². The van der Waals surface area contributed by atoms with Crippen LogP contribution in [0, 0.1) is 0 Å². The van der Waals surface area contributed by atoms with Crippen LogP contribution in [0.15, 0.2) is 0 Å². The largest absolute Gasteiger partial charge is 0.379 e. The van der Waals surface area contributed by atoms with Gasteiger partial charge < -0.3 is 20.1 Å². The third-order valence-corrected chi connectivity index (χ3v) is 3.56. The summed E-state index contributed by atoms with van der Waals surface area (Å²) < 4.78 is 10.6. The molecule has 2 saturated heterocycles. The summed E-state index contributed by atoms with van der Waals surface area (Å²) in [5.41, 5.74) is 5.59. The maximum Gasteiger partial charge on any atom is 0.248 e. The average molecular weight is 257 g/mol. The zero-order valence-corrected chi connectivity index (χ0v) is 10.8. The molecule has 104 valence electrons. The molecule has 0 aliphatic carbocycles. The lowest BCUT2D eigenvalue weighted by molar-refractivity contribution is -0.148. The van der Waals surface area contributed by atoms with Crippen molar-refractivity contribution >= 4 is 5.91 Å². The maximum absolute atomic E-state index is 11.9. The third kappa shape index (κ3) is 3.65. The number of hydrogen-bond acceptors (Lipinski definition) is 5. The van der Waals surface area contributed by atoms with Crippen LogP contribution in [0.25, 0.3) is 0 Å². The topological polar surface area (TPSA) is 68.0 Å². The van der Waals surface area contributed by atoms with Crippen LogP contribution >= 0.6 is 0 Å². The Labute approximate surface area is 108 Å². The molecular weight excluding hydrogens is 234 g/mol. The lowest BCUT2D eigenvalue weighted by atomic mass is 10.1. The molecule has 0 radical (unpaired) electrons. The number of ether oxygens (including phenoxy) is 2. The van der Waals surface area contributed by atoms with Crippen LogP contribution in [0.1, 0.15) is 6.42 Å². The van der Waals surface area contributed by atoms with Gasteiger partial charge in [0, 0.05) is 26.2 Å².